The fraction of sp³-hybridized carbons (Fsp3) is 0.0612. The largest absolute Gasteiger partial charge is 0.485 e. The molecule has 7 aromatic carbocycles. The summed E-state index contributed by atoms with van der Waals surface area (Å²) < 4.78 is 19.3. The molecule has 2 aliphatic heterocycles. The first kappa shape index (κ1) is 28.2. The second kappa shape index (κ2) is 10.2. The molecule has 7 aromatic rings. The zero-order valence-electron chi connectivity index (χ0n) is 28.0. The lowest BCUT2D eigenvalue weighted by Crippen LogP contribution is -2.26. The van der Waals surface area contributed by atoms with E-state index < -0.39 is 5.41 Å². The average Bonchev–Trinajstić information content (AvgIpc) is 3.82. The Hall–Kier alpha value is -6.58. The van der Waals surface area contributed by atoms with Crippen molar-refractivity contribution < 1.29 is 14.2 Å². The maximum atomic E-state index is 6.55. The van der Waals surface area contributed by atoms with Gasteiger partial charge < -0.3 is 14.2 Å². The van der Waals surface area contributed by atoms with Crippen molar-refractivity contribution in [3.05, 3.63) is 198 Å². The van der Waals surface area contributed by atoms with Gasteiger partial charge in [-0.15, -0.1) is 0 Å². The highest BCUT2D eigenvalue weighted by molar-refractivity contribution is 5.97. The van der Waals surface area contributed by atoms with E-state index in [1.165, 1.54) is 72.3 Å². The lowest BCUT2D eigenvalue weighted by atomic mass is 9.70. The molecule has 2 unspecified atom stereocenters. The van der Waals surface area contributed by atoms with Crippen LogP contribution in [0.1, 0.15) is 33.7 Å². The number of hydrogen-bond acceptors (Lipinski definition) is 3. The Morgan fingerprint density at radius 2 is 0.981 bits per heavy atom. The molecule has 3 nitrogen and oxygen atoms in total. The normalized spacial score (nSPS) is 18.1. The van der Waals surface area contributed by atoms with E-state index in [4.69, 9.17) is 14.2 Å². The summed E-state index contributed by atoms with van der Waals surface area (Å²) >= 11 is 0. The van der Waals surface area contributed by atoms with E-state index in [2.05, 4.69) is 146 Å². The maximum Gasteiger partial charge on any atom is 0.170 e. The van der Waals surface area contributed by atoms with Gasteiger partial charge in [-0.3, -0.25) is 0 Å². The molecule has 2 atom stereocenters. The van der Waals surface area contributed by atoms with Gasteiger partial charge in [-0.05, 0) is 121 Å². The molecule has 12 rings (SSSR count). The van der Waals surface area contributed by atoms with Gasteiger partial charge in [0.05, 0.1) is 5.41 Å². The van der Waals surface area contributed by atoms with E-state index in [-0.39, 0.29) is 12.0 Å². The van der Waals surface area contributed by atoms with Gasteiger partial charge in [0, 0.05) is 11.5 Å². The van der Waals surface area contributed by atoms with Crippen LogP contribution < -0.4 is 14.2 Å². The Bertz CT molecular complexity index is 2700. The second-order valence-electron chi connectivity index (χ2n) is 14.3. The summed E-state index contributed by atoms with van der Waals surface area (Å²) in [6.45, 7) is 0. The van der Waals surface area contributed by atoms with Crippen molar-refractivity contribution in [1.82, 2.24) is 0 Å². The van der Waals surface area contributed by atoms with E-state index in [9.17, 15) is 0 Å². The molecule has 5 aliphatic rings. The van der Waals surface area contributed by atoms with Crippen LogP contribution in [-0.4, -0.2) is 6.10 Å². The minimum Gasteiger partial charge on any atom is -0.485 e. The van der Waals surface area contributed by atoms with Crippen LogP contribution in [0.2, 0.25) is 0 Å². The van der Waals surface area contributed by atoms with Crippen LogP contribution in [0, 0.1) is 0 Å². The van der Waals surface area contributed by atoms with E-state index in [1.54, 1.807) is 0 Å². The number of para-hydroxylation sites is 2. The third-order valence-electron chi connectivity index (χ3n) is 11.7. The SMILES string of the molecule is C1=CC2Oc3ccc(-c4cccc(-c5ccc6c(c5)C5(c7ccccc7-c7ccccc75)c5cc7c(cc5-6)Oc5ccccc5O7)c4)cc3C2C=C1. The molecular formula is C49H30O3. The number of rotatable bonds is 2. The molecule has 0 aromatic heterocycles. The first-order chi connectivity index (χ1) is 25.7. The van der Waals surface area contributed by atoms with E-state index >= 15 is 0 Å². The topological polar surface area (TPSA) is 27.7 Å². The lowest BCUT2D eigenvalue weighted by Gasteiger charge is -2.31. The van der Waals surface area contributed by atoms with Gasteiger partial charge in [0.15, 0.2) is 23.0 Å². The van der Waals surface area contributed by atoms with Crippen molar-refractivity contribution in [3.8, 4) is 73.3 Å². The summed E-state index contributed by atoms with van der Waals surface area (Å²) in [5, 5.41) is 0. The van der Waals surface area contributed by atoms with E-state index in [1.807, 2.05) is 24.3 Å². The van der Waals surface area contributed by atoms with Crippen molar-refractivity contribution in [2.45, 2.75) is 17.4 Å². The minimum absolute atomic E-state index is 0.0780. The van der Waals surface area contributed by atoms with Crippen LogP contribution in [0.5, 0.6) is 28.7 Å². The zero-order valence-corrected chi connectivity index (χ0v) is 28.0. The highest BCUT2D eigenvalue weighted by Crippen LogP contribution is 2.65. The van der Waals surface area contributed by atoms with Crippen LogP contribution >= 0.6 is 0 Å². The molecule has 244 valence electrons. The average molecular weight is 667 g/mol. The van der Waals surface area contributed by atoms with Gasteiger partial charge in [0.2, 0.25) is 0 Å². The van der Waals surface area contributed by atoms with Crippen molar-refractivity contribution in [2.75, 3.05) is 0 Å². The summed E-state index contributed by atoms with van der Waals surface area (Å²) in [7, 11) is 0. The van der Waals surface area contributed by atoms with E-state index in [0.717, 1.165) is 28.7 Å². The Labute approximate surface area is 301 Å². The van der Waals surface area contributed by atoms with Gasteiger partial charge >= 0.3 is 0 Å². The molecule has 3 aliphatic carbocycles. The molecular weight excluding hydrogens is 637 g/mol. The molecule has 3 heteroatoms. The van der Waals surface area contributed by atoms with Crippen LogP contribution in [0.15, 0.2) is 170 Å². The monoisotopic (exact) mass is 666 g/mol. The standard InChI is InChI=1S/C49H30O3/c1-4-15-39-33(12-1)34-13-2-5-16-40(34)49(39)41-26-32(20-22-35(41)37-27-47-48(28-42(37)49)52-46-19-8-7-18-45(46)51-47)30-11-9-10-29(24-30)31-21-23-44-38(25-31)36-14-3-6-17-43(36)50-44/h1-28,36,43H. The molecule has 0 bridgehead atoms. The number of ether oxygens (including phenoxy) is 3. The van der Waals surface area contributed by atoms with E-state index in [0.29, 0.717) is 0 Å². The fourth-order valence-electron chi connectivity index (χ4n) is 9.44. The fourth-order valence-corrected chi connectivity index (χ4v) is 9.44. The molecule has 0 amide bonds. The molecule has 0 saturated carbocycles. The Balaban J connectivity index is 1.04. The summed E-state index contributed by atoms with van der Waals surface area (Å²) in [5.74, 6) is 4.18. The summed E-state index contributed by atoms with van der Waals surface area (Å²) in [4.78, 5) is 0. The molecule has 0 fully saturated rings. The summed E-state index contributed by atoms with van der Waals surface area (Å²) in [6, 6.07) is 52.8. The Kier molecular flexibility index (Phi) is 5.55. The highest BCUT2D eigenvalue weighted by Gasteiger charge is 2.52. The quantitative estimate of drug-likeness (QED) is 0.184. The van der Waals surface area contributed by atoms with Crippen molar-refractivity contribution in [3.63, 3.8) is 0 Å². The van der Waals surface area contributed by atoms with Gasteiger partial charge in [-0.1, -0.05) is 115 Å². The van der Waals surface area contributed by atoms with Crippen LogP contribution in [-0.2, 0) is 5.41 Å². The van der Waals surface area contributed by atoms with Gasteiger partial charge in [0.1, 0.15) is 11.9 Å². The smallest absolute Gasteiger partial charge is 0.170 e. The lowest BCUT2D eigenvalue weighted by molar-refractivity contribution is 0.269. The van der Waals surface area contributed by atoms with Crippen LogP contribution in [0.3, 0.4) is 0 Å². The third-order valence-corrected chi connectivity index (χ3v) is 11.7. The first-order valence-corrected chi connectivity index (χ1v) is 18.0. The zero-order chi connectivity index (χ0) is 34.0. The molecule has 52 heavy (non-hydrogen) atoms. The predicted octanol–water partition coefficient (Wildman–Crippen LogP) is 12.2. The highest BCUT2D eigenvalue weighted by atomic mass is 16.6. The van der Waals surface area contributed by atoms with Crippen LogP contribution in [0.4, 0.5) is 0 Å². The number of allylic oxidation sites excluding steroid dienone is 2. The second-order valence-corrected chi connectivity index (χ2v) is 14.3. The third kappa shape index (κ3) is 3.69. The summed E-state index contributed by atoms with van der Waals surface area (Å²) in [5.41, 5.74) is 15.5. The first-order valence-electron chi connectivity index (χ1n) is 18.0. The van der Waals surface area contributed by atoms with Gasteiger partial charge in [-0.2, -0.15) is 0 Å². The Morgan fingerprint density at radius 3 is 1.75 bits per heavy atom. The predicted molar refractivity (Wildman–Crippen MR) is 206 cm³/mol. The van der Waals surface area contributed by atoms with Crippen LogP contribution in [0.25, 0.3) is 44.5 Å². The maximum absolute atomic E-state index is 6.55. The molecule has 0 saturated heterocycles. The Morgan fingerprint density at radius 1 is 0.385 bits per heavy atom. The van der Waals surface area contributed by atoms with Gasteiger partial charge in [0.25, 0.3) is 0 Å². The summed E-state index contributed by atoms with van der Waals surface area (Å²) in [6.07, 6.45) is 8.69. The molecule has 2 heterocycles. The van der Waals surface area contributed by atoms with Crippen molar-refractivity contribution in [1.29, 1.82) is 0 Å². The van der Waals surface area contributed by atoms with Gasteiger partial charge in [-0.25, -0.2) is 0 Å². The molecule has 0 N–H and O–H groups in total. The minimum atomic E-state index is -0.515. The van der Waals surface area contributed by atoms with Crippen molar-refractivity contribution in [2.24, 2.45) is 0 Å². The van der Waals surface area contributed by atoms with Crippen molar-refractivity contribution >= 4 is 0 Å². The molecule has 1 spiro atoms. The number of hydrogen-bond donors (Lipinski definition) is 0. The number of fused-ring (bicyclic) bond motifs is 15. The molecule has 0 radical (unpaired) electrons. The number of benzene rings is 7.